The molecule has 1 aliphatic rings. The summed E-state index contributed by atoms with van der Waals surface area (Å²) < 4.78 is 0. The standard InChI is InChI=1S/C12H16N2S.C2H4O.C2H6/c1-3-9-7-8-11(15-9)10-5-4-6-12(13-2)14-10;1-2-3;1-2/h5,7-8H,3-4,6H2,1-2H3,(H,13,14);2H,1H3;1-2H3. The zero-order valence-electron chi connectivity index (χ0n) is 13.2. The number of allylic oxidation sites excluding steroid dienone is 1. The van der Waals surface area contributed by atoms with Gasteiger partial charge < -0.3 is 10.1 Å². The van der Waals surface area contributed by atoms with Gasteiger partial charge in [0, 0.05) is 18.3 Å². The van der Waals surface area contributed by atoms with Crippen molar-refractivity contribution in [1.29, 1.82) is 0 Å². The van der Waals surface area contributed by atoms with E-state index in [4.69, 9.17) is 4.79 Å². The number of nitrogens with one attached hydrogen (secondary N) is 1. The van der Waals surface area contributed by atoms with Crippen LogP contribution in [-0.4, -0.2) is 19.2 Å². The number of rotatable bonds is 2. The van der Waals surface area contributed by atoms with E-state index >= 15 is 0 Å². The van der Waals surface area contributed by atoms with Crippen LogP contribution in [-0.2, 0) is 11.2 Å². The molecule has 112 valence electrons. The molecule has 0 aliphatic carbocycles. The fourth-order valence-electron chi connectivity index (χ4n) is 1.66. The maximum atomic E-state index is 8.81. The third kappa shape index (κ3) is 6.15. The number of carbonyl (C=O) groups excluding carboxylic acids is 1. The summed E-state index contributed by atoms with van der Waals surface area (Å²) in [5.74, 6) is 1.10. The van der Waals surface area contributed by atoms with Gasteiger partial charge in [-0.05, 0) is 31.9 Å². The van der Waals surface area contributed by atoms with E-state index in [0.717, 1.165) is 31.4 Å². The summed E-state index contributed by atoms with van der Waals surface area (Å²) in [5, 5.41) is 3.38. The van der Waals surface area contributed by atoms with Gasteiger partial charge in [0.25, 0.3) is 0 Å². The molecule has 0 unspecified atom stereocenters. The highest BCUT2D eigenvalue weighted by atomic mass is 32.1. The Balaban J connectivity index is 0.000000641. The topological polar surface area (TPSA) is 41.5 Å². The minimum absolute atomic E-state index is 0.750. The molecule has 0 bridgehead atoms. The highest BCUT2D eigenvalue weighted by Crippen LogP contribution is 2.25. The molecule has 20 heavy (non-hydrogen) atoms. The second-order valence-electron chi connectivity index (χ2n) is 3.81. The Bertz CT molecular complexity index is 447. The van der Waals surface area contributed by atoms with Gasteiger partial charge in [-0.25, -0.2) is 0 Å². The lowest BCUT2D eigenvalue weighted by Crippen LogP contribution is -2.24. The first-order chi connectivity index (χ1) is 9.74. The van der Waals surface area contributed by atoms with E-state index in [2.05, 4.69) is 35.4 Å². The normalized spacial score (nSPS) is 15.1. The number of aliphatic imine (C=N–C) groups is 1. The van der Waals surface area contributed by atoms with Crippen LogP contribution in [0.5, 0.6) is 0 Å². The van der Waals surface area contributed by atoms with Crippen molar-refractivity contribution in [2.24, 2.45) is 4.99 Å². The first-order valence-electron chi connectivity index (χ1n) is 7.16. The van der Waals surface area contributed by atoms with Gasteiger partial charge in [-0.15, -0.1) is 11.3 Å². The van der Waals surface area contributed by atoms with Crippen LogP contribution in [0.4, 0.5) is 0 Å². The molecule has 0 spiro atoms. The van der Waals surface area contributed by atoms with E-state index < -0.39 is 0 Å². The van der Waals surface area contributed by atoms with Crippen LogP contribution in [0.25, 0.3) is 5.70 Å². The molecule has 2 rings (SSSR count). The SMILES string of the molecule is CC.CC=O.CCc1ccc(C2=CCCC(=NC)N2)s1. The first-order valence-corrected chi connectivity index (χ1v) is 7.98. The molecule has 2 heterocycles. The summed E-state index contributed by atoms with van der Waals surface area (Å²) in [5.41, 5.74) is 1.23. The Morgan fingerprint density at radius 3 is 2.55 bits per heavy atom. The average Bonchev–Trinajstić information content (AvgIpc) is 2.99. The second kappa shape index (κ2) is 11.4. The van der Waals surface area contributed by atoms with E-state index in [1.54, 1.807) is 0 Å². The van der Waals surface area contributed by atoms with Crippen molar-refractivity contribution in [3.8, 4) is 0 Å². The van der Waals surface area contributed by atoms with Gasteiger partial charge >= 0.3 is 0 Å². The molecule has 0 radical (unpaired) electrons. The third-order valence-corrected chi connectivity index (χ3v) is 3.82. The highest BCUT2D eigenvalue weighted by Gasteiger charge is 2.11. The van der Waals surface area contributed by atoms with E-state index in [1.807, 2.05) is 32.2 Å². The maximum absolute atomic E-state index is 8.81. The molecule has 0 atom stereocenters. The maximum Gasteiger partial charge on any atom is 0.116 e. The molecular formula is C16H26N2OS. The summed E-state index contributed by atoms with van der Waals surface area (Å²) in [6.45, 7) is 7.64. The minimum atomic E-state index is 0.750. The number of aryl methyl sites for hydroxylation is 1. The Kier molecular flexibility index (Phi) is 10.6. The summed E-state index contributed by atoms with van der Waals surface area (Å²) in [7, 11) is 1.84. The van der Waals surface area contributed by atoms with Crippen LogP contribution in [0.1, 0.15) is 50.3 Å². The summed E-state index contributed by atoms with van der Waals surface area (Å²) >= 11 is 1.87. The fraction of sp³-hybridized carbons (Fsp3) is 0.500. The number of thiophene rings is 1. The van der Waals surface area contributed by atoms with Crippen molar-refractivity contribution in [1.82, 2.24) is 5.32 Å². The van der Waals surface area contributed by atoms with Crippen molar-refractivity contribution in [3.63, 3.8) is 0 Å². The van der Waals surface area contributed by atoms with Gasteiger partial charge in [-0.3, -0.25) is 4.99 Å². The van der Waals surface area contributed by atoms with Crippen LogP contribution < -0.4 is 5.32 Å². The van der Waals surface area contributed by atoms with Crippen LogP contribution in [0.3, 0.4) is 0 Å². The fourth-order valence-corrected chi connectivity index (χ4v) is 2.61. The Labute approximate surface area is 126 Å². The van der Waals surface area contributed by atoms with Crippen molar-refractivity contribution >= 4 is 29.2 Å². The van der Waals surface area contributed by atoms with E-state index in [9.17, 15) is 0 Å². The lowest BCUT2D eigenvalue weighted by molar-refractivity contribution is -0.106. The zero-order chi connectivity index (χ0) is 15.4. The predicted octanol–water partition coefficient (Wildman–Crippen LogP) is 4.29. The molecule has 1 aliphatic heterocycles. The van der Waals surface area contributed by atoms with Gasteiger partial charge in [-0.1, -0.05) is 26.8 Å². The zero-order valence-corrected chi connectivity index (χ0v) is 14.0. The Morgan fingerprint density at radius 2 is 2.05 bits per heavy atom. The summed E-state index contributed by atoms with van der Waals surface area (Å²) in [6.07, 6.45) is 6.26. The van der Waals surface area contributed by atoms with Crippen molar-refractivity contribution in [2.45, 2.75) is 47.0 Å². The Morgan fingerprint density at radius 1 is 1.40 bits per heavy atom. The quantitative estimate of drug-likeness (QED) is 0.826. The number of hydrogen-bond donors (Lipinski definition) is 1. The third-order valence-electron chi connectivity index (χ3n) is 2.55. The van der Waals surface area contributed by atoms with E-state index in [-0.39, 0.29) is 0 Å². The smallest absolute Gasteiger partial charge is 0.116 e. The molecular weight excluding hydrogens is 268 g/mol. The largest absolute Gasteiger partial charge is 0.343 e. The second-order valence-corrected chi connectivity index (χ2v) is 4.98. The first kappa shape index (κ1) is 18.6. The molecule has 0 saturated heterocycles. The van der Waals surface area contributed by atoms with Crippen LogP contribution in [0, 0.1) is 0 Å². The van der Waals surface area contributed by atoms with Crippen LogP contribution in [0.15, 0.2) is 23.2 Å². The molecule has 1 N–H and O–H groups in total. The number of carbonyl (C=O) groups is 1. The molecule has 0 saturated carbocycles. The number of aldehydes is 1. The van der Waals surface area contributed by atoms with Gasteiger partial charge in [-0.2, -0.15) is 0 Å². The molecule has 1 aromatic heterocycles. The molecule has 0 aromatic carbocycles. The number of nitrogens with zero attached hydrogens (tertiary/aromatic N) is 1. The lowest BCUT2D eigenvalue weighted by Gasteiger charge is -2.16. The number of hydrogen-bond acceptors (Lipinski definition) is 3. The molecule has 0 amide bonds. The summed E-state index contributed by atoms with van der Waals surface area (Å²) in [4.78, 5) is 15.8. The molecule has 4 heteroatoms. The van der Waals surface area contributed by atoms with Gasteiger partial charge in [0.15, 0.2) is 0 Å². The lowest BCUT2D eigenvalue weighted by atomic mass is 10.1. The highest BCUT2D eigenvalue weighted by molar-refractivity contribution is 7.13. The van der Waals surface area contributed by atoms with Crippen molar-refractivity contribution < 1.29 is 4.79 Å². The van der Waals surface area contributed by atoms with Gasteiger partial charge in [0.05, 0.1) is 10.6 Å². The van der Waals surface area contributed by atoms with Crippen molar-refractivity contribution in [3.05, 3.63) is 28.0 Å². The molecule has 1 aromatic rings. The Hall–Kier alpha value is -1.42. The molecule has 0 fully saturated rings. The monoisotopic (exact) mass is 294 g/mol. The van der Waals surface area contributed by atoms with Crippen molar-refractivity contribution in [2.75, 3.05) is 7.05 Å². The van der Waals surface area contributed by atoms with Crippen LogP contribution >= 0.6 is 11.3 Å². The number of amidine groups is 1. The average molecular weight is 294 g/mol. The van der Waals surface area contributed by atoms with Gasteiger partial charge in [0.1, 0.15) is 12.1 Å². The summed E-state index contributed by atoms with van der Waals surface area (Å²) in [6, 6.07) is 4.40. The minimum Gasteiger partial charge on any atom is -0.343 e. The van der Waals surface area contributed by atoms with Gasteiger partial charge in [0.2, 0.25) is 0 Å². The van der Waals surface area contributed by atoms with E-state index in [1.165, 1.54) is 22.4 Å². The van der Waals surface area contributed by atoms with E-state index in [0.29, 0.717) is 0 Å². The van der Waals surface area contributed by atoms with Crippen LogP contribution in [0.2, 0.25) is 0 Å². The predicted molar refractivity (Wildman–Crippen MR) is 90.5 cm³/mol. The molecule has 3 nitrogen and oxygen atoms in total.